The summed E-state index contributed by atoms with van der Waals surface area (Å²) in [6, 6.07) is 26.1. The molecule has 2 amide bonds. The molecule has 0 aliphatic rings. The van der Waals surface area contributed by atoms with Crippen LogP contribution in [0.4, 0.5) is 5.69 Å². The maximum Gasteiger partial charge on any atom is 0.343 e. The lowest BCUT2D eigenvalue weighted by Crippen LogP contribution is -2.42. The summed E-state index contributed by atoms with van der Waals surface area (Å²) in [5.74, 6) is -2.49. The number of carbonyl (C=O) groups excluding carboxylic acids is 3. The largest absolute Gasteiger partial charge is 0.508 e. The Balaban J connectivity index is 1.26. The predicted octanol–water partition coefficient (Wildman–Crippen LogP) is 4.19. The molecular formula is C32H28N2O8. The van der Waals surface area contributed by atoms with Crippen LogP contribution < -0.4 is 15.4 Å². The van der Waals surface area contributed by atoms with Gasteiger partial charge in [0.2, 0.25) is 5.91 Å². The number of esters is 1. The van der Waals surface area contributed by atoms with Crippen LogP contribution in [0.15, 0.2) is 103 Å². The maximum absolute atomic E-state index is 12.7. The molecule has 0 aliphatic carbocycles. The summed E-state index contributed by atoms with van der Waals surface area (Å²) >= 11 is 0. The van der Waals surface area contributed by atoms with Crippen molar-refractivity contribution in [2.24, 2.45) is 0 Å². The fourth-order valence-corrected chi connectivity index (χ4v) is 3.87. The Labute approximate surface area is 241 Å². The smallest absolute Gasteiger partial charge is 0.343 e. The van der Waals surface area contributed by atoms with Crippen molar-refractivity contribution in [3.05, 3.63) is 125 Å². The summed E-state index contributed by atoms with van der Waals surface area (Å²) in [5, 5.41) is 24.2. The van der Waals surface area contributed by atoms with Crippen LogP contribution in [0, 0.1) is 0 Å². The molecule has 4 aromatic rings. The summed E-state index contributed by atoms with van der Waals surface area (Å²) in [7, 11) is 0. The number of hydrogen-bond donors (Lipinski definition) is 4. The molecule has 0 aromatic heterocycles. The molecule has 10 heteroatoms. The highest BCUT2D eigenvalue weighted by Gasteiger charge is 2.21. The Bertz CT molecular complexity index is 1520. The van der Waals surface area contributed by atoms with Crippen molar-refractivity contribution in [2.75, 3.05) is 11.9 Å². The Kier molecular flexibility index (Phi) is 10.0. The second-order valence-electron chi connectivity index (χ2n) is 9.25. The van der Waals surface area contributed by atoms with E-state index in [9.17, 15) is 29.4 Å². The molecule has 0 bridgehead atoms. The minimum absolute atomic E-state index is 0.00954. The van der Waals surface area contributed by atoms with Gasteiger partial charge in [-0.05, 0) is 71.8 Å². The van der Waals surface area contributed by atoms with Gasteiger partial charge in [0.25, 0.3) is 5.91 Å². The molecule has 0 saturated carbocycles. The van der Waals surface area contributed by atoms with E-state index in [1.807, 2.05) is 30.3 Å². The molecule has 214 valence electrons. The van der Waals surface area contributed by atoms with Crippen LogP contribution in [0.25, 0.3) is 0 Å². The van der Waals surface area contributed by atoms with Crippen LogP contribution in [0.3, 0.4) is 0 Å². The van der Waals surface area contributed by atoms with Gasteiger partial charge in [-0.3, -0.25) is 9.59 Å². The van der Waals surface area contributed by atoms with Gasteiger partial charge >= 0.3 is 11.9 Å². The number of phenols is 1. The molecule has 0 saturated heterocycles. The second-order valence-corrected chi connectivity index (χ2v) is 9.25. The molecule has 0 spiro atoms. The van der Waals surface area contributed by atoms with Gasteiger partial charge in [-0.25, -0.2) is 9.59 Å². The monoisotopic (exact) mass is 568 g/mol. The molecule has 42 heavy (non-hydrogen) atoms. The first-order chi connectivity index (χ1) is 20.3. The second kappa shape index (κ2) is 14.2. The van der Waals surface area contributed by atoms with Crippen LogP contribution in [-0.2, 0) is 27.4 Å². The number of carbonyl (C=O) groups is 4. The predicted molar refractivity (Wildman–Crippen MR) is 153 cm³/mol. The molecule has 4 aromatic carbocycles. The number of ether oxygens (including phenoxy) is 2. The summed E-state index contributed by atoms with van der Waals surface area (Å²) < 4.78 is 10.7. The molecule has 10 nitrogen and oxygen atoms in total. The average molecular weight is 569 g/mol. The summed E-state index contributed by atoms with van der Waals surface area (Å²) in [4.78, 5) is 49.0. The zero-order valence-electron chi connectivity index (χ0n) is 22.4. The van der Waals surface area contributed by atoms with Gasteiger partial charge in [-0.15, -0.1) is 0 Å². The van der Waals surface area contributed by atoms with Gasteiger partial charge in [0.1, 0.15) is 24.1 Å². The SMILES string of the molecule is O=C(COCc1ccccc1)Nc1ccc(C(=O)N[C@@H](Cc2ccc(OC(=O)c3ccc(O)cc3)cc2)C(=O)O)cc1. The highest BCUT2D eigenvalue weighted by molar-refractivity contribution is 5.98. The number of hydrogen-bond acceptors (Lipinski definition) is 7. The molecule has 0 radical (unpaired) electrons. The Hall–Kier alpha value is -5.48. The van der Waals surface area contributed by atoms with Crippen molar-refractivity contribution in [1.82, 2.24) is 5.32 Å². The average Bonchev–Trinajstić information content (AvgIpc) is 2.99. The van der Waals surface area contributed by atoms with E-state index in [4.69, 9.17) is 9.47 Å². The lowest BCUT2D eigenvalue weighted by molar-refractivity contribution is -0.139. The third-order valence-corrected chi connectivity index (χ3v) is 6.06. The lowest BCUT2D eigenvalue weighted by Gasteiger charge is -2.15. The molecule has 0 unspecified atom stereocenters. The third-order valence-electron chi connectivity index (χ3n) is 6.06. The molecule has 1 atom stereocenters. The quantitative estimate of drug-likeness (QED) is 0.147. The van der Waals surface area contributed by atoms with E-state index in [1.54, 1.807) is 12.1 Å². The van der Waals surface area contributed by atoms with Crippen LogP contribution in [-0.4, -0.2) is 46.6 Å². The Morgan fingerprint density at radius 2 is 1.38 bits per heavy atom. The number of nitrogens with one attached hydrogen (secondary N) is 2. The zero-order chi connectivity index (χ0) is 29.9. The first-order valence-corrected chi connectivity index (χ1v) is 12.9. The summed E-state index contributed by atoms with van der Waals surface area (Å²) in [6.07, 6.45) is -0.00954. The molecular weight excluding hydrogens is 540 g/mol. The van der Waals surface area contributed by atoms with E-state index >= 15 is 0 Å². The van der Waals surface area contributed by atoms with E-state index in [-0.39, 0.29) is 41.6 Å². The van der Waals surface area contributed by atoms with Crippen LogP contribution in [0.1, 0.15) is 31.8 Å². The highest BCUT2D eigenvalue weighted by Crippen LogP contribution is 2.17. The highest BCUT2D eigenvalue weighted by atomic mass is 16.5. The molecule has 4 rings (SSSR count). The minimum Gasteiger partial charge on any atom is -0.508 e. The van der Waals surface area contributed by atoms with E-state index in [0.717, 1.165) is 5.56 Å². The van der Waals surface area contributed by atoms with Gasteiger partial charge < -0.3 is 30.3 Å². The van der Waals surface area contributed by atoms with Crippen LogP contribution >= 0.6 is 0 Å². The van der Waals surface area contributed by atoms with Crippen LogP contribution in [0.2, 0.25) is 0 Å². The van der Waals surface area contributed by atoms with Crippen molar-refractivity contribution >= 4 is 29.4 Å². The van der Waals surface area contributed by atoms with Gasteiger partial charge in [0, 0.05) is 17.7 Å². The van der Waals surface area contributed by atoms with Gasteiger partial charge in [0.05, 0.1) is 12.2 Å². The Morgan fingerprint density at radius 3 is 2.02 bits per heavy atom. The van der Waals surface area contributed by atoms with Crippen molar-refractivity contribution < 1.29 is 38.9 Å². The Morgan fingerprint density at radius 1 is 0.738 bits per heavy atom. The zero-order valence-corrected chi connectivity index (χ0v) is 22.4. The number of phenolic OH excluding ortho intramolecular Hbond substituents is 1. The minimum atomic E-state index is -1.22. The van der Waals surface area contributed by atoms with Crippen molar-refractivity contribution in [1.29, 1.82) is 0 Å². The van der Waals surface area contributed by atoms with Crippen LogP contribution in [0.5, 0.6) is 11.5 Å². The number of carboxylic acid groups (broad SMARTS) is 1. The van der Waals surface area contributed by atoms with Gasteiger partial charge in [-0.1, -0.05) is 42.5 Å². The number of carboxylic acids is 1. The first-order valence-electron chi connectivity index (χ1n) is 12.9. The first kappa shape index (κ1) is 29.5. The molecule has 0 aliphatic heterocycles. The molecule has 0 fully saturated rings. The number of aromatic hydroxyl groups is 1. The topological polar surface area (TPSA) is 151 Å². The number of anilines is 1. The van der Waals surface area contributed by atoms with E-state index in [1.165, 1.54) is 60.7 Å². The van der Waals surface area contributed by atoms with Crippen molar-refractivity contribution in [2.45, 2.75) is 19.1 Å². The number of rotatable bonds is 12. The fraction of sp³-hybridized carbons (Fsp3) is 0.125. The molecule has 0 heterocycles. The number of aliphatic carboxylic acids is 1. The number of benzene rings is 4. The summed E-state index contributed by atoms with van der Waals surface area (Å²) in [5.41, 5.74) is 2.48. The van der Waals surface area contributed by atoms with Gasteiger partial charge in [-0.2, -0.15) is 0 Å². The standard InChI is InChI=1S/C32H28N2O8/c35-26-14-10-24(11-15-26)32(40)42-27-16-6-21(7-17-27)18-28(31(38)39)34-30(37)23-8-12-25(13-9-23)33-29(36)20-41-19-22-4-2-1-3-5-22/h1-17,28,35H,18-20H2,(H,33,36)(H,34,37)(H,38,39)/t28-/m0/s1. The maximum atomic E-state index is 12.7. The third kappa shape index (κ3) is 8.77. The van der Waals surface area contributed by atoms with Crippen molar-refractivity contribution in [3.63, 3.8) is 0 Å². The van der Waals surface area contributed by atoms with E-state index in [0.29, 0.717) is 17.9 Å². The van der Waals surface area contributed by atoms with Gasteiger partial charge in [0.15, 0.2) is 0 Å². The lowest BCUT2D eigenvalue weighted by atomic mass is 10.0. The number of amides is 2. The van der Waals surface area contributed by atoms with E-state index in [2.05, 4.69) is 10.6 Å². The summed E-state index contributed by atoms with van der Waals surface area (Å²) in [6.45, 7) is 0.163. The fourth-order valence-electron chi connectivity index (χ4n) is 3.87. The molecule has 4 N–H and O–H groups in total. The normalized spacial score (nSPS) is 11.2. The van der Waals surface area contributed by atoms with E-state index < -0.39 is 23.9 Å². The van der Waals surface area contributed by atoms with Crippen molar-refractivity contribution in [3.8, 4) is 11.5 Å².